The second-order valence-electron chi connectivity index (χ2n) is 5.88. The number of aliphatic hydroxyl groups is 2. The molecule has 7 nitrogen and oxygen atoms in total. The third-order valence-corrected chi connectivity index (χ3v) is 4.30. The monoisotopic (exact) mass is 306 g/mol. The standard InChI is InChI=1S/C15H22N4O3/c20-10-11-8-12(21)9-19(11)15(22)17-13-4-3-5-16-14(13)18-6-1-2-7-18/h3-5,11-12,20-21H,1-2,6-10H2,(H,17,22)/t11-,12-/m0/s1. The number of anilines is 2. The fraction of sp³-hybridized carbons (Fsp3) is 0.600. The van der Waals surface area contributed by atoms with Crippen LogP contribution in [0.25, 0.3) is 0 Å². The molecular formula is C15H22N4O3. The molecule has 22 heavy (non-hydrogen) atoms. The number of nitrogens with one attached hydrogen (secondary N) is 1. The van der Waals surface area contributed by atoms with Crippen LogP contribution in [0.3, 0.4) is 0 Å². The Hall–Kier alpha value is -1.86. The lowest BCUT2D eigenvalue weighted by Gasteiger charge is -2.25. The Kier molecular flexibility index (Phi) is 4.44. The van der Waals surface area contributed by atoms with Gasteiger partial charge in [-0.1, -0.05) is 0 Å². The number of nitrogens with zero attached hydrogens (tertiary/aromatic N) is 3. The van der Waals surface area contributed by atoms with Gasteiger partial charge in [0.2, 0.25) is 0 Å². The number of hydrogen-bond acceptors (Lipinski definition) is 5. The Morgan fingerprint density at radius 1 is 1.41 bits per heavy atom. The van der Waals surface area contributed by atoms with E-state index in [0.717, 1.165) is 31.7 Å². The molecule has 2 fully saturated rings. The molecule has 1 aromatic heterocycles. The van der Waals surface area contributed by atoms with Crippen molar-refractivity contribution in [3.63, 3.8) is 0 Å². The summed E-state index contributed by atoms with van der Waals surface area (Å²) < 4.78 is 0. The van der Waals surface area contributed by atoms with Crippen molar-refractivity contribution < 1.29 is 15.0 Å². The number of hydrogen-bond donors (Lipinski definition) is 3. The summed E-state index contributed by atoms with van der Waals surface area (Å²) in [5.74, 6) is 0.786. The Morgan fingerprint density at radius 3 is 2.91 bits per heavy atom. The highest BCUT2D eigenvalue weighted by Gasteiger charge is 2.34. The van der Waals surface area contributed by atoms with E-state index in [0.29, 0.717) is 12.1 Å². The number of β-amino-alcohol motifs (C(OH)–C–C–N with tert-alkyl or cyclic N) is 1. The molecule has 7 heteroatoms. The van der Waals surface area contributed by atoms with Crippen molar-refractivity contribution in [3.05, 3.63) is 18.3 Å². The van der Waals surface area contributed by atoms with Gasteiger partial charge in [-0.3, -0.25) is 0 Å². The van der Waals surface area contributed by atoms with Crippen molar-refractivity contribution >= 4 is 17.5 Å². The first-order valence-corrected chi connectivity index (χ1v) is 7.75. The van der Waals surface area contributed by atoms with Crippen molar-refractivity contribution in [3.8, 4) is 0 Å². The summed E-state index contributed by atoms with van der Waals surface area (Å²) >= 11 is 0. The topological polar surface area (TPSA) is 88.9 Å². The van der Waals surface area contributed by atoms with Gasteiger partial charge < -0.3 is 25.3 Å². The van der Waals surface area contributed by atoms with E-state index in [9.17, 15) is 15.0 Å². The molecule has 2 amide bonds. The molecule has 0 radical (unpaired) electrons. The first kappa shape index (κ1) is 15.1. The molecule has 0 aromatic carbocycles. The van der Waals surface area contributed by atoms with Gasteiger partial charge in [0.25, 0.3) is 0 Å². The highest BCUT2D eigenvalue weighted by atomic mass is 16.3. The van der Waals surface area contributed by atoms with Crippen LogP contribution in [-0.4, -0.2) is 64.5 Å². The van der Waals surface area contributed by atoms with E-state index >= 15 is 0 Å². The lowest BCUT2D eigenvalue weighted by atomic mass is 10.2. The minimum Gasteiger partial charge on any atom is -0.394 e. The molecule has 3 rings (SSSR count). The third-order valence-electron chi connectivity index (χ3n) is 4.30. The number of amides is 2. The van der Waals surface area contributed by atoms with Crippen molar-refractivity contribution in [1.29, 1.82) is 0 Å². The largest absolute Gasteiger partial charge is 0.394 e. The maximum atomic E-state index is 12.4. The van der Waals surface area contributed by atoms with Gasteiger partial charge in [-0.15, -0.1) is 0 Å². The number of aliphatic hydroxyl groups excluding tert-OH is 2. The lowest BCUT2D eigenvalue weighted by molar-refractivity contribution is 0.164. The molecule has 2 aliphatic rings. The number of pyridine rings is 1. The first-order valence-electron chi connectivity index (χ1n) is 7.75. The molecule has 0 unspecified atom stereocenters. The van der Waals surface area contributed by atoms with Crippen LogP contribution in [0.1, 0.15) is 19.3 Å². The maximum Gasteiger partial charge on any atom is 0.322 e. The molecule has 2 saturated heterocycles. The summed E-state index contributed by atoms with van der Waals surface area (Å²) in [7, 11) is 0. The van der Waals surface area contributed by atoms with E-state index in [4.69, 9.17) is 0 Å². The van der Waals surface area contributed by atoms with Crippen LogP contribution >= 0.6 is 0 Å². The highest BCUT2D eigenvalue weighted by molar-refractivity contribution is 5.92. The third kappa shape index (κ3) is 3.00. The average Bonchev–Trinajstić information content (AvgIpc) is 3.17. The number of carbonyl (C=O) groups excluding carboxylic acids is 1. The van der Waals surface area contributed by atoms with Crippen molar-refractivity contribution in [2.45, 2.75) is 31.4 Å². The van der Waals surface area contributed by atoms with Crippen LogP contribution in [-0.2, 0) is 0 Å². The van der Waals surface area contributed by atoms with E-state index in [1.54, 1.807) is 12.3 Å². The van der Waals surface area contributed by atoms with Gasteiger partial charge in [0.15, 0.2) is 5.82 Å². The van der Waals surface area contributed by atoms with Crippen LogP contribution in [0, 0.1) is 0 Å². The molecule has 0 spiro atoms. The normalized spacial score (nSPS) is 24.8. The number of likely N-dealkylation sites (tertiary alicyclic amines) is 1. The van der Waals surface area contributed by atoms with Gasteiger partial charge in [0, 0.05) is 25.8 Å². The molecule has 3 N–H and O–H groups in total. The summed E-state index contributed by atoms with van der Waals surface area (Å²) in [5.41, 5.74) is 0.674. The maximum absolute atomic E-state index is 12.4. The highest BCUT2D eigenvalue weighted by Crippen LogP contribution is 2.27. The quantitative estimate of drug-likeness (QED) is 0.763. The van der Waals surface area contributed by atoms with Crippen molar-refractivity contribution in [2.75, 3.05) is 36.5 Å². The number of rotatable bonds is 3. The predicted octanol–water partition coefficient (Wildman–Crippen LogP) is 0.641. The lowest BCUT2D eigenvalue weighted by Crippen LogP contribution is -2.41. The molecule has 1 aromatic rings. The van der Waals surface area contributed by atoms with E-state index < -0.39 is 6.10 Å². The number of aromatic nitrogens is 1. The molecule has 0 bridgehead atoms. The van der Waals surface area contributed by atoms with Gasteiger partial charge >= 0.3 is 6.03 Å². The first-order chi connectivity index (χ1) is 10.7. The van der Waals surface area contributed by atoms with Crippen LogP contribution in [0.4, 0.5) is 16.3 Å². The zero-order valence-electron chi connectivity index (χ0n) is 12.5. The van der Waals surface area contributed by atoms with Crippen LogP contribution in [0.15, 0.2) is 18.3 Å². The molecule has 0 aliphatic carbocycles. The summed E-state index contributed by atoms with van der Waals surface area (Å²) in [6.07, 6.45) is 3.83. The Morgan fingerprint density at radius 2 is 2.18 bits per heavy atom. The number of urea groups is 1. The molecular weight excluding hydrogens is 284 g/mol. The van der Waals surface area contributed by atoms with E-state index in [1.165, 1.54) is 4.90 Å². The molecule has 120 valence electrons. The Balaban J connectivity index is 1.74. The summed E-state index contributed by atoms with van der Waals surface area (Å²) in [6.45, 7) is 2.00. The van der Waals surface area contributed by atoms with Gasteiger partial charge in [0.05, 0.1) is 24.4 Å². The average molecular weight is 306 g/mol. The van der Waals surface area contributed by atoms with Crippen LogP contribution in [0.5, 0.6) is 0 Å². The smallest absolute Gasteiger partial charge is 0.322 e. The molecule has 3 heterocycles. The number of carbonyl (C=O) groups is 1. The second kappa shape index (κ2) is 6.50. The molecule has 2 atom stereocenters. The molecule has 2 aliphatic heterocycles. The minimum atomic E-state index is -0.574. The molecule has 0 saturated carbocycles. The van der Waals surface area contributed by atoms with Gasteiger partial charge in [-0.2, -0.15) is 0 Å². The SMILES string of the molecule is O=C(Nc1cccnc1N1CCCC1)N1C[C@@H](O)C[C@H]1CO. The summed E-state index contributed by atoms with van der Waals surface area (Å²) in [4.78, 5) is 20.5. The summed E-state index contributed by atoms with van der Waals surface area (Å²) in [6, 6.07) is 2.99. The van der Waals surface area contributed by atoms with Gasteiger partial charge in [-0.05, 0) is 31.4 Å². The van der Waals surface area contributed by atoms with E-state index in [-0.39, 0.29) is 25.2 Å². The van der Waals surface area contributed by atoms with Gasteiger partial charge in [-0.25, -0.2) is 9.78 Å². The predicted molar refractivity (Wildman–Crippen MR) is 82.9 cm³/mol. The van der Waals surface area contributed by atoms with Crippen LogP contribution < -0.4 is 10.2 Å². The van der Waals surface area contributed by atoms with Gasteiger partial charge in [0.1, 0.15) is 0 Å². The summed E-state index contributed by atoms with van der Waals surface area (Å²) in [5, 5.41) is 21.9. The minimum absolute atomic E-state index is 0.142. The second-order valence-corrected chi connectivity index (χ2v) is 5.88. The van der Waals surface area contributed by atoms with E-state index in [1.807, 2.05) is 6.07 Å². The Labute approximate surface area is 129 Å². The fourth-order valence-corrected chi connectivity index (χ4v) is 3.18. The fourth-order valence-electron chi connectivity index (χ4n) is 3.18. The van der Waals surface area contributed by atoms with Crippen molar-refractivity contribution in [2.24, 2.45) is 0 Å². The zero-order chi connectivity index (χ0) is 15.5. The van der Waals surface area contributed by atoms with Crippen molar-refractivity contribution in [1.82, 2.24) is 9.88 Å². The van der Waals surface area contributed by atoms with Crippen LogP contribution in [0.2, 0.25) is 0 Å². The Bertz CT molecular complexity index is 533. The zero-order valence-corrected chi connectivity index (χ0v) is 12.5. The van der Waals surface area contributed by atoms with E-state index in [2.05, 4.69) is 15.2 Å².